The van der Waals surface area contributed by atoms with Crippen molar-refractivity contribution in [3.8, 4) is 0 Å². The van der Waals surface area contributed by atoms with Crippen LogP contribution in [0.4, 0.5) is 8.78 Å². The average molecular weight is 107 g/mol. The standard InChI is InChI=1S/C4H7F2N/c5-4(6)2-1-3(4)7/h3H,1-2,7H2. The third-order valence-electron chi connectivity index (χ3n) is 1.33. The average Bonchev–Trinajstić information content (AvgIpc) is 1.63. The summed E-state index contributed by atoms with van der Waals surface area (Å²) < 4.78 is 23.6. The maximum absolute atomic E-state index is 11.8. The zero-order chi connectivity index (χ0) is 5.49. The lowest BCUT2D eigenvalue weighted by Gasteiger charge is -2.32. The molecule has 0 radical (unpaired) electrons. The quantitative estimate of drug-likeness (QED) is 0.485. The van der Waals surface area contributed by atoms with Gasteiger partial charge in [-0.05, 0) is 6.42 Å². The van der Waals surface area contributed by atoms with E-state index >= 15 is 0 Å². The minimum atomic E-state index is -2.54. The largest absolute Gasteiger partial charge is 0.323 e. The van der Waals surface area contributed by atoms with E-state index in [-0.39, 0.29) is 6.42 Å². The Bertz CT molecular complexity index is 81.8. The summed E-state index contributed by atoms with van der Waals surface area (Å²) in [6.07, 6.45) is 0.459. The Morgan fingerprint density at radius 2 is 2.00 bits per heavy atom. The molecule has 1 nitrogen and oxygen atoms in total. The molecule has 7 heavy (non-hydrogen) atoms. The predicted molar refractivity (Wildman–Crippen MR) is 22.2 cm³/mol. The molecule has 1 rings (SSSR count). The maximum atomic E-state index is 11.8. The van der Waals surface area contributed by atoms with E-state index in [2.05, 4.69) is 0 Å². The van der Waals surface area contributed by atoms with Crippen LogP contribution in [0.25, 0.3) is 0 Å². The van der Waals surface area contributed by atoms with Crippen LogP contribution in [0.5, 0.6) is 0 Å². The van der Waals surface area contributed by atoms with Gasteiger partial charge >= 0.3 is 0 Å². The summed E-state index contributed by atoms with van der Waals surface area (Å²) >= 11 is 0. The fraction of sp³-hybridized carbons (Fsp3) is 1.00. The van der Waals surface area contributed by atoms with Crippen LogP contribution in [-0.2, 0) is 0 Å². The van der Waals surface area contributed by atoms with Gasteiger partial charge in [-0.15, -0.1) is 0 Å². The third kappa shape index (κ3) is 0.608. The second-order valence-corrected chi connectivity index (χ2v) is 1.91. The second-order valence-electron chi connectivity index (χ2n) is 1.91. The Balaban J connectivity index is 2.43. The molecule has 2 N–H and O–H groups in total. The zero-order valence-corrected chi connectivity index (χ0v) is 3.82. The van der Waals surface area contributed by atoms with Gasteiger partial charge in [-0.2, -0.15) is 0 Å². The summed E-state index contributed by atoms with van der Waals surface area (Å²) in [5.41, 5.74) is 4.91. The molecule has 0 saturated heterocycles. The molecule has 1 unspecified atom stereocenters. The third-order valence-corrected chi connectivity index (χ3v) is 1.33. The van der Waals surface area contributed by atoms with Crippen LogP contribution in [0.3, 0.4) is 0 Å². The minimum absolute atomic E-state index is 0.0197. The fourth-order valence-corrected chi connectivity index (χ4v) is 0.529. The topological polar surface area (TPSA) is 26.0 Å². The van der Waals surface area contributed by atoms with E-state index in [9.17, 15) is 8.78 Å². The van der Waals surface area contributed by atoms with Crippen LogP contribution in [0.1, 0.15) is 12.8 Å². The van der Waals surface area contributed by atoms with Gasteiger partial charge in [-0.1, -0.05) is 0 Å². The van der Waals surface area contributed by atoms with Crippen molar-refractivity contribution >= 4 is 0 Å². The summed E-state index contributed by atoms with van der Waals surface area (Å²) in [6, 6.07) is -0.854. The zero-order valence-electron chi connectivity index (χ0n) is 3.82. The van der Waals surface area contributed by atoms with Gasteiger partial charge in [0.05, 0.1) is 6.04 Å². The van der Waals surface area contributed by atoms with Gasteiger partial charge in [0.2, 0.25) is 0 Å². The van der Waals surface area contributed by atoms with E-state index in [1.807, 2.05) is 0 Å². The minimum Gasteiger partial charge on any atom is -0.323 e. The Morgan fingerprint density at radius 3 is 2.00 bits per heavy atom. The van der Waals surface area contributed by atoms with Crippen LogP contribution in [-0.4, -0.2) is 12.0 Å². The molecule has 42 valence electrons. The Labute approximate surface area is 40.5 Å². The highest BCUT2D eigenvalue weighted by atomic mass is 19.3. The van der Waals surface area contributed by atoms with Crippen LogP contribution in [0.15, 0.2) is 0 Å². The lowest BCUT2D eigenvalue weighted by Crippen LogP contribution is -2.49. The van der Waals surface area contributed by atoms with E-state index in [4.69, 9.17) is 5.73 Å². The van der Waals surface area contributed by atoms with Crippen LogP contribution < -0.4 is 5.73 Å². The molecular weight excluding hydrogens is 100 g/mol. The van der Waals surface area contributed by atoms with Crippen molar-refractivity contribution in [2.45, 2.75) is 24.8 Å². The first-order valence-corrected chi connectivity index (χ1v) is 2.26. The van der Waals surface area contributed by atoms with E-state index in [0.717, 1.165) is 0 Å². The molecular formula is C4H7F2N. The summed E-state index contributed by atoms with van der Waals surface area (Å²) in [7, 11) is 0. The van der Waals surface area contributed by atoms with Gasteiger partial charge in [0.1, 0.15) is 0 Å². The van der Waals surface area contributed by atoms with Gasteiger partial charge < -0.3 is 5.73 Å². The molecule has 0 bridgehead atoms. The smallest absolute Gasteiger partial charge is 0.262 e. The first-order chi connectivity index (χ1) is 3.13. The highest BCUT2D eigenvalue weighted by molar-refractivity contribution is 4.90. The SMILES string of the molecule is NC1CCC1(F)F. The maximum Gasteiger partial charge on any atom is 0.262 e. The van der Waals surface area contributed by atoms with Crippen molar-refractivity contribution < 1.29 is 8.78 Å². The van der Waals surface area contributed by atoms with Crippen molar-refractivity contribution in [1.82, 2.24) is 0 Å². The van der Waals surface area contributed by atoms with Gasteiger partial charge in [0, 0.05) is 6.42 Å². The molecule has 3 heteroatoms. The molecule has 1 atom stereocenters. The molecule has 1 aliphatic rings. The summed E-state index contributed by atoms with van der Waals surface area (Å²) in [5, 5.41) is 0. The molecule has 0 aliphatic heterocycles. The van der Waals surface area contributed by atoms with Gasteiger partial charge in [0.15, 0.2) is 0 Å². The van der Waals surface area contributed by atoms with Gasteiger partial charge in [-0.3, -0.25) is 0 Å². The molecule has 0 heterocycles. The number of nitrogens with two attached hydrogens (primary N) is 1. The molecule has 0 aromatic heterocycles. The number of halogens is 2. The van der Waals surface area contributed by atoms with E-state index in [1.54, 1.807) is 0 Å². The number of hydrogen-bond acceptors (Lipinski definition) is 1. The predicted octanol–water partition coefficient (Wildman–Crippen LogP) is 0.743. The van der Waals surface area contributed by atoms with Crippen molar-refractivity contribution in [3.63, 3.8) is 0 Å². The summed E-state index contributed by atoms with van der Waals surface area (Å²) in [5.74, 6) is -2.54. The molecule has 1 fully saturated rings. The van der Waals surface area contributed by atoms with Crippen molar-refractivity contribution in [2.75, 3.05) is 0 Å². The molecule has 0 aromatic carbocycles. The van der Waals surface area contributed by atoms with Gasteiger partial charge in [-0.25, -0.2) is 8.78 Å². The first kappa shape index (κ1) is 4.97. The summed E-state index contributed by atoms with van der Waals surface area (Å²) in [6.45, 7) is 0. The monoisotopic (exact) mass is 107 g/mol. The van der Waals surface area contributed by atoms with Crippen LogP contribution in [0.2, 0.25) is 0 Å². The second kappa shape index (κ2) is 1.15. The Hall–Kier alpha value is -0.180. The molecule has 0 spiro atoms. The molecule has 0 amide bonds. The number of hydrogen-bond donors (Lipinski definition) is 1. The molecule has 1 saturated carbocycles. The van der Waals surface area contributed by atoms with E-state index in [0.29, 0.717) is 6.42 Å². The highest BCUT2D eigenvalue weighted by Gasteiger charge is 2.45. The first-order valence-electron chi connectivity index (χ1n) is 2.26. The van der Waals surface area contributed by atoms with E-state index < -0.39 is 12.0 Å². The Kier molecular flexibility index (Phi) is 0.819. The van der Waals surface area contributed by atoms with E-state index in [1.165, 1.54) is 0 Å². The molecule has 1 aliphatic carbocycles. The summed E-state index contributed by atoms with van der Waals surface area (Å²) in [4.78, 5) is 0. The Morgan fingerprint density at radius 1 is 1.57 bits per heavy atom. The molecule has 0 aromatic rings. The van der Waals surface area contributed by atoms with Crippen molar-refractivity contribution in [3.05, 3.63) is 0 Å². The van der Waals surface area contributed by atoms with Crippen LogP contribution in [0, 0.1) is 0 Å². The van der Waals surface area contributed by atoms with Crippen molar-refractivity contribution in [2.24, 2.45) is 5.73 Å². The lowest BCUT2D eigenvalue weighted by molar-refractivity contribution is -0.0921. The number of rotatable bonds is 0. The number of alkyl halides is 2. The van der Waals surface area contributed by atoms with Crippen molar-refractivity contribution in [1.29, 1.82) is 0 Å². The lowest BCUT2D eigenvalue weighted by atomic mass is 9.89. The fourth-order valence-electron chi connectivity index (χ4n) is 0.529. The van der Waals surface area contributed by atoms with Crippen LogP contribution >= 0.6 is 0 Å². The highest BCUT2D eigenvalue weighted by Crippen LogP contribution is 2.35. The normalized spacial score (nSPS) is 37.3. The van der Waals surface area contributed by atoms with Gasteiger partial charge in [0.25, 0.3) is 5.92 Å².